The smallest absolute Gasteiger partial charge is 0.326 e. The van der Waals surface area contributed by atoms with Crippen molar-refractivity contribution in [2.24, 2.45) is 5.92 Å². The molecule has 4 heterocycles. The van der Waals surface area contributed by atoms with Gasteiger partial charge in [-0.25, -0.2) is 14.2 Å². The fraction of sp³-hybridized carbons (Fsp3) is 0.600. The van der Waals surface area contributed by atoms with Gasteiger partial charge in [-0.15, -0.1) is 0 Å². The molecule has 10 nitrogen and oxygen atoms in total. The van der Waals surface area contributed by atoms with Gasteiger partial charge in [-0.2, -0.15) is 0 Å². The minimum Gasteiger partial charge on any atom is -0.480 e. The highest BCUT2D eigenvalue weighted by Gasteiger charge is 2.31. The Kier molecular flexibility index (Phi) is 10.3. The summed E-state index contributed by atoms with van der Waals surface area (Å²) in [6, 6.07) is 3.07. The van der Waals surface area contributed by atoms with E-state index in [4.69, 9.17) is 21.3 Å². The fourth-order valence-corrected chi connectivity index (χ4v) is 6.01. The minimum atomic E-state index is -1.23. The SMILES string of the molecule is CN1CCN(Cc2ncc(Cl)c(C(=O)NC(CCOC3CC(CCc4ccc5c(n4)NCCC5)C3)C(=O)O)c2F)CC1. The van der Waals surface area contributed by atoms with Crippen LogP contribution in [0.3, 0.4) is 0 Å². The van der Waals surface area contributed by atoms with Crippen LogP contribution in [0.1, 0.15) is 59.4 Å². The normalized spacial score (nSPS) is 21.6. The third-order valence-electron chi connectivity index (χ3n) is 8.56. The summed E-state index contributed by atoms with van der Waals surface area (Å²) in [6.45, 7) is 4.63. The molecule has 1 amide bonds. The van der Waals surface area contributed by atoms with Gasteiger partial charge in [-0.3, -0.25) is 14.7 Å². The van der Waals surface area contributed by atoms with E-state index in [1.165, 1.54) is 11.8 Å². The fourth-order valence-electron chi connectivity index (χ4n) is 5.79. The van der Waals surface area contributed by atoms with Crippen LogP contribution in [0.25, 0.3) is 0 Å². The molecule has 0 aromatic carbocycles. The van der Waals surface area contributed by atoms with Crippen LogP contribution >= 0.6 is 11.6 Å². The van der Waals surface area contributed by atoms with Gasteiger partial charge in [0.05, 0.1) is 22.4 Å². The number of rotatable bonds is 12. The van der Waals surface area contributed by atoms with E-state index in [2.05, 4.69) is 37.6 Å². The Morgan fingerprint density at radius 3 is 2.81 bits per heavy atom. The van der Waals surface area contributed by atoms with Crippen LogP contribution in [-0.4, -0.2) is 95.3 Å². The molecule has 3 aliphatic rings. The van der Waals surface area contributed by atoms with Gasteiger partial charge in [0.2, 0.25) is 0 Å². The molecule has 1 saturated heterocycles. The summed E-state index contributed by atoms with van der Waals surface area (Å²) >= 11 is 6.14. The second-order valence-electron chi connectivity index (χ2n) is 11.7. The second kappa shape index (κ2) is 14.1. The van der Waals surface area contributed by atoms with Crippen molar-refractivity contribution in [1.82, 2.24) is 25.1 Å². The molecule has 0 radical (unpaired) electrons. The monoisotopic (exact) mass is 602 g/mol. The molecule has 2 aromatic rings. The lowest BCUT2D eigenvalue weighted by Gasteiger charge is -2.35. The van der Waals surface area contributed by atoms with Crippen LogP contribution in [0, 0.1) is 11.7 Å². The Labute approximate surface area is 251 Å². The largest absolute Gasteiger partial charge is 0.480 e. The molecule has 2 fully saturated rings. The van der Waals surface area contributed by atoms with Crippen molar-refractivity contribution in [3.63, 3.8) is 0 Å². The molecule has 1 aliphatic carbocycles. The van der Waals surface area contributed by atoms with Crippen molar-refractivity contribution in [2.45, 2.75) is 63.6 Å². The number of carbonyl (C=O) groups is 2. The van der Waals surface area contributed by atoms with E-state index in [1.807, 2.05) is 7.05 Å². The van der Waals surface area contributed by atoms with E-state index in [1.54, 1.807) is 0 Å². The van der Waals surface area contributed by atoms with Crippen LogP contribution in [0.4, 0.5) is 10.2 Å². The number of pyridine rings is 2. The number of piperazine rings is 1. The van der Waals surface area contributed by atoms with Crippen molar-refractivity contribution >= 4 is 29.3 Å². The van der Waals surface area contributed by atoms with Crippen LogP contribution in [0.15, 0.2) is 18.3 Å². The number of likely N-dealkylation sites (N-methyl/N-ethyl adjacent to an activating group) is 1. The highest BCUT2D eigenvalue weighted by molar-refractivity contribution is 6.33. The lowest BCUT2D eigenvalue weighted by Crippen LogP contribution is -2.44. The van der Waals surface area contributed by atoms with E-state index < -0.39 is 23.7 Å². The quantitative estimate of drug-likeness (QED) is 0.336. The Morgan fingerprint density at radius 2 is 2.05 bits per heavy atom. The van der Waals surface area contributed by atoms with Crippen LogP contribution in [0.2, 0.25) is 5.02 Å². The number of carbonyl (C=O) groups excluding carboxylic acids is 1. The third kappa shape index (κ3) is 7.75. The number of halogens is 2. The first kappa shape index (κ1) is 30.6. The molecule has 5 rings (SSSR count). The number of amides is 1. The lowest BCUT2D eigenvalue weighted by molar-refractivity contribution is -0.140. The molecule has 228 valence electrons. The predicted molar refractivity (Wildman–Crippen MR) is 157 cm³/mol. The Hall–Kier alpha value is -2.86. The maximum atomic E-state index is 15.3. The summed E-state index contributed by atoms with van der Waals surface area (Å²) < 4.78 is 21.2. The first-order valence-electron chi connectivity index (χ1n) is 14.9. The average molecular weight is 603 g/mol. The molecule has 1 unspecified atom stereocenters. The molecule has 1 atom stereocenters. The first-order valence-corrected chi connectivity index (χ1v) is 15.3. The molecule has 2 aromatic heterocycles. The third-order valence-corrected chi connectivity index (χ3v) is 8.84. The van der Waals surface area contributed by atoms with Crippen LogP contribution in [-0.2, 0) is 28.9 Å². The zero-order chi connectivity index (χ0) is 29.6. The topological polar surface area (TPSA) is 120 Å². The molecule has 1 saturated carbocycles. The summed E-state index contributed by atoms with van der Waals surface area (Å²) in [5.41, 5.74) is 2.12. The number of aromatic nitrogens is 2. The Balaban J connectivity index is 1.06. The van der Waals surface area contributed by atoms with Crippen molar-refractivity contribution in [1.29, 1.82) is 0 Å². The van der Waals surface area contributed by atoms with Gasteiger partial charge in [-0.1, -0.05) is 17.7 Å². The van der Waals surface area contributed by atoms with Crippen molar-refractivity contribution < 1.29 is 23.8 Å². The molecule has 2 aliphatic heterocycles. The number of ether oxygens (including phenoxy) is 1. The number of fused-ring (bicyclic) bond motifs is 1. The molecule has 0 bridgehead atoms. The molecular formula is C30H40ClFN6O4. The van der Waals surface area contributed by atoms with Gasteiger partial charge in [0.15, 0.2) is 5.82 Å². The molecule has 12 heteroatoms. The number of carboxylic acid groups (broad SMARTS) is 1. The standard InChI is InChI=1S/C30H40ClFN6O4/c1-37-10-12-38(13-11-37)18-25-27(32)26(23(31)17-34-25)29(39)36-24(30(40)41)8-14-42-22-15-19(16-22)4-6-21-7-5-20-3-2-9-33-28(20)35-21/h5,7,17,19,22,24H,2-4,6,8-16,18H2,1H3,(H,33,35)(H,36,39)(H,40,41). The van der Waals surface area contributed by atoms with Crippen molar-refractivity contribution in [3.05, 3.63) is 51.7 Å². The molecule has 42 heavy (non-hydrogen) atoms. The highest BCUT2D eigenvalue weighted by Crippen LogP contribution is 2.34. The van der Waals surface area contributed by atoms with E-state index in [0.717, 1.165) is 82.8 Å². The molecule has 0 spiro atoms. The highest BCUT2D eigenvalue weighted by atomic mass is 35.5. The van der Waals surface area contributed by atoms with Crippen LogP contribution < -0.4 is 10.6 Å². The van der Waals surface area contributed by atoms with E-state index in [9.17, 15) is 14.7 Å². The van der Waals surface area contributed by atoms with Gasteiger partial charge in [0, 0.05) is 64.2 Å². The van der Waals surface area contributed by atoms with Gasteiger partial charge in [0.1, 0.15) is 11.9 Å². The minimum absolute atomic E-state index is 0.0623. The Morgan fingerprint density at radius 1 is 1.26 bits per heavy atom. The summed E-state index contributed by atoms with van der Waals surface area (Å²) in [5.74, 6) is -1.33. The summed E-state index contributed by atoms with van der Waals surface area (Å²) in [6.07, 6.45) is 7.40. The Bertz CT molecular complexity index is 1270. The number of carboxylic acids is 1. The predicted octanol–water partition coefficient (Wildman–Crippen LogP) is 3.38. The number of aliphatic carboxylic acids is 1. The van der Waals surface area contributed by atoms with Gasteiger partial charge in [0.25, 0.3) is 5.91 Å². The van der Waals surface area contributed by atoms with E-state index in [0.29, 0.717) is 5.92 Å². The number of nitrogens with one attached hydrogen (secondary N) is 2. The molecule has 3 N–H and O–H groups in total. The second-order valence-corrected chi connectivity index (χ2v) is 12.1. The average Bonchev–Trinajstić information content (AvgIpc) is 2.95. The number of hydrogen-bond acceptors (Lipinski definition) is 8. The number of anilines is 1. The van der Waals surface area contributed by atoms with Crippen molar-refractivity contribution in [2.75, 3.05) is 51.7 Å². The van der Waals surface area contributed by atoms with E-state index >= 15 is 4.39 Å². The first-order chi connectivity index (χ1) is 20.3. The lowest BCUT2D eigenvalue weighted by atomic mass is 9.79. The summed E-state index contributed by atoms with van der Waals surface area (Å²) in [7, 11) is 2.03. The van der Waals surface area contributed by atoms with Gasteiger partial charge >= 0.3 is 5.97 Å². The van der Waals surface area contributed by atoms with Gasteiger partial charge < -0.3 is 25.4 Å². The van der Waals surface area contributed by atoms with E-state index in [-0.39, 0.29) is 42.0 Å². The molecular weight excluding hydrogens is 563 g/mol. The number of nitrogens with zero attached hydrogens (tertiary/aromatic N) is 4. The number of hydrogen-bond donors (Lipinski definition) is 3. The van der Waals surface area contributed by atoms with Crippen LogP contribution in [0.5, 0.6) is 0 Å². The van der Waals surface area contributed by atoms with Gasteiger partial charge in [-0.05, 0) is 63.1 Å². The zero-order valence-corrected chi connectivity index (χ0v) is 24.8. The number of aryl methyl sites for hydroxylation is 2. The van der Waals surface area contributed by atoms with Crippen molar-refractivity contribution in [3.8, 4) is 0 Å². The summed E-state index contributed by atoms with van der Waals surface area (Å²) in [5, 5.41) is 15.4. The summed E-state index contributed by atoms with van der Waals surface area (Å²) in [4.78, 5) is 38.0. The maximum absolute atomic E-state index is 15.3. The zero-order valence-electron chi connectivity index (χ0n) is 24.1. The maximum Gasteiger partial charge on any atom is 0.326 e.